The molecule has 22 heteroatoms. The number of sulfonamides is 1. The van der Waals surface area contributed by atoms with Gasteiger partial charge in [0.25, 0.3) is 0 Å². The first-order valence-electron chi connectivity index (χ1n) is 16.8. The van der Waals surface area contributed by atoms with Gasteiger partial charge in [-0.2, -0.15) is 18.2 Å². The van der Waals surface area contributed by atoms with Crippen LogP contribution in [0.1, 0.15) is 27.7 Å². The van der Waals surface area contributed by atoms with Crippen molar-refractivity contribution in [2.24, 2.45) is 20.5 Å². The van der Waals surface area contributed by atoms with Crippen LogP contribution < -0.4 is 9.80 Å². The summed E-state index contributed by atoms with van der Waals surface area (Å²) in [5.41, 5.74) is -3.28. The maximum atomic E-state index is 13.2. The van der Waals surface area contributed by atoms with Gasteiger partial charge in [-0.05, 0) is 64.1 Å². The number of benzene rings is 4. The summed E-state index contributed by atoms with van der Waals surface area (Å²) >= 11 is 5.88. The third kappa shape index (κ3) is 10.7. The Balaban J connectivity index is 0.000000254. The van der Waals surface area contributed by atoms with Crippen LogP contribution in [-0.2, 0) is 26.5 Å². The van der Waals surface area contributed by atoms with Gasteiger partial charge in [-0.15, -0.1) is 15.3 Å². The first-order chi connectivity index (χ1) is 26.5. The Morgan fingerprint density at radius 2 is 1.39 bits per heavy atom. The summed E-state index contributed by atoms with van der Waals surface area (Å²) in [4.78, 5) is 14.7. The number of azo groups is 2. The Morgan fingerprint density at radius 1 is 0.789 bits per heavy atom. The number of halogens is 6. The topological polar surface area (TPSA) is 179 Å². The van der Waals surface area contributed by atoms with Crippen LogP contribution >= 0.6 is 11.6 Å². The largest absolute Gasteiger partial charge is 0.568 e. The van der Waals surface area contributed by atoms with Crippen LogP contribution in [-0.4, -0.2) is 60.2 Å². The molecule has 14 nitrogen and oxygen atoms in total. The minimum atomic E-state index is -5.79. The number of oxazole rings is 1. The third-order valence-electron chi connectivity index (χ3n) is 8.03. The number of anilines is 2. The molecule has 6 aromatic rings. The fourth-order valence-corrected chi connectivity index (χ4v) is 5.85. The van der Waals surface area contributed by atoms with Gasteiger partial charge in [0.1, 0.15) is 17.0 Å². The fraction of sp³-hybridized carbons (Fsp3) is 0.257. The summed E-state index contributed by atoms with van der Waals surface area (Å²) in [7, 11) is -5.79. The normalized spacial score (nSPS) is 11.9. The minimum Gasteiger partial charge on any atom is -0.568 e. The molecule has 0 amide bonds. The van der Waals surface area contributed by atoms with Gasteiger partial charge in [0.05, 0.1) is 16.7 Å². The van der Waals surface area contributed by atoms with E-state index in [4.69, 9.17) is 16.0 Å². The Bertz CT molecular complexity index is 2470. The van der Waals surface area contributed by atoms with Crippen molar-refractivity contribution in [1.82, 2.24) is 15.0 Å². The van der Waals surface area contributed by atoms with Crippen LogP contribution in [0, 0.1) is 11.6 Å². The van der Waals surface area contributed by atoms with E-state index >= 15 is 0 Å². The van der Waals surface area contributed by atoms with Gasteiger partial charge in [-0.1, -0.05) is 28.5 Å². The van der Waals surface area contributed by atoms with Crippen molar-refractivity contribution >= 4 is 84.2 Å². The number of nitrogens with one attached hydrogen (secondary N) is 1. The van der Waals surface area contributed by atoms with E-state index in [0.717, 1.165) is 30.9 Å². The number of aromatic hydroxyl groups is 1. The molecule has 0 aliphatic rings. The van der Waals surface area contributed by atoms with Crippen molar-refractivity contribution in [2.45, 2.75) is 33.2 Å². The predicted octanol–water partition coefficient (Wildman–Crippen LogP) is 11.4. The molecule has 0 fully saturated rings. The molecule has 6 rings (SSSR count). The van der Waals surface area contributed by atoms with Crippen molar-refractivity contribution in [3.05, 3.63) is 88.1 Å². The van der Waals surface area contributed by atoms with Crippen molar-refractivity contribution in [2.75, 3.05) is 36.0 Å². The SMILES string of the molecule is CCN(CC)c1ccc(N=Nc2nc3cc(F)c(F)cc3[nH]2)c(O)c1.CCN(CC)c1ccc(N=Nc2nc3ccc(Cl)cc3o2)c([N-]S(=O)(=O)C(F)(F)F)c1.[Ni]. The molecule has 306 valence electrons. The zero-order valence-electron chi connectivity index (χ0n) is 30.4. The zero-order chi connectivity index (χ0) is 40.8. The molecule has 0 saturated heterocycles. The predicted molar refractivity (Wildman–Crippen MR) is 203 cm³/mol. The van der Waals surface area contributed by atoms with Gasteiger partial charge in [0.2, 0.25) is 5.95 Å². The number of phenolic OH excluding ortho intramolecular Hbond substituents is 1. The number of H-pyrrole nitrogens is 1. The minimum absolute atomic E-state index is 0. The van der Waals surface area contributed by atoms with E-state index in [1.807, 2.05) is 38.7 Å². The van der Waals surface area contributed by atoms with E-state index in [0.29, 0.717) is 40.4 Å². The third-order valence-corrected chi connectivity index (χ3v) is 9.29. The van der Waals surface area contributed by atoms with Crippen molar-refractivity contribution in [3.63, 3.8) is 0 Å². The van der Waals surface area contributed by atoms with E-state index < -0.39 is 32.9 Å². The molecular weight excluding hydrogens is 846 g/mol. The van der Waals surface area contributed by atoms with Crippen LogP contribution in [0.5, 0.6) is 5.75 Å². The molecule has 2 heterocycles. The number of aromatic nitrogens is 3. The second-order valence-electron chi connectivity index (χ2n) is 11.6. The fourth-order valence-electron chi connectivity index (χ4n) is 5.18. The van der Waals surface area contributed by atoms with E-state index in [9.17, 15) is 35.5 Å². The quantitative estimate of drug-likeness (QED) is 0.0692. The number of rotatable bonds is 12. The maximum absolute atomic E-state index is 13.2. The van der Waals surface area contributed by atoms with E-state index in [2.05, 4.69) is 45.0 Å². The Morgan fingerprint density at radius 3 is 2.00 bits per heavy atom. The molecule has 2 aromatic heterocycles. The smallest absolute Gasteiger partial charge is 0.483 e. The molecule has 0 bridgehead atoms. The van der Waals surface area contributed by atoms with Crippen LogP contribution in [0.4, 0.5) is 62.4 Å². The van der Waals surface area contributed by atoms with Gasteiger partial charge < -0.3 is 29.0 Å². The summed E-state index contributed by atoms with van der Waals surface area (Å²) in [6.45, 7) is 10.5. The van der Waals surface area contributed by atoms with Crippen LogP contribution in [0.25, 0.3) is 26.9 Å². The zero-order valence-corrected chi connectivity index (χ0v) is 32.9. The molecule has 0 unspecified atom stereocenters. The van der Waals surface area contributed by atoms with Gasteiger partial charge in [-0.3, -0.25) is 0 Å². The molecule has 0 radical (unpaired) electrons. The van der Waals surface area contributed by atoms with Gasteiger partial charge in [0.15, 0.2) is 27.2 Å². The molecule has 0 atom stereocenters. The van der Waals surface area contributed by atoms with E-state index in [1.54, 1.807) is 30.3 Å². The van der Waals surface area contributed by atoms with Crippen LogP contribution in [0.15, 0.2) is 91.6 Å². The van der Waals surface area contributed by atoms with Crippen LogP contribution in [0.3, 0.4) is 0 Å². The maximum Gasteiger partial charge on any atom is 0.483 e. The number of aromatic amines is 1. The van der Waals surface area contributed by atoms with Gasteiger partial charge >= 0.3 is 11.5 Å². The average molecular weight is 879 g/mol. The molecule has 0 aliphatic carbocycles. The van der Waals surface area contributed by atoms with Crippen molar-refractivity contribution in [1.29, 1.82) is 0 Å². The molecule has 4 aromatic carbocycles. The molecule has 0 spiro atoms. The number of hydrogen-bond acceptors (Lipinski definition) is 12. The summed E-state index contributed by atoms with van der Waals surface area (Å²) < 4.78 is 96.5. The first-order valence-corrected chi connectivity index (χ1v) is 18.6. The Hall–Kier alpha value is -5.40. The van der Waals surface area contributed by atoms with E-state index in [1.165, 1.54) is 18.2 Å². The summed E-state index contributed by atoms with van der Waals surface area (Å²) in [6, 6.07) is 15.7. The summed E-state index contributed by atoms with van der Waals surface area (Å²) in [6.07, 6.45) is 0. The number of alkyl halides is 3. The molecular formula is C35H33ClF5N10NiO4S-. The molecule has 2 N–H and O–H groups in total. The van der Waals surface area contributed by atoms with Crippen LogP contribution in [0.2, 0.25) is 5.02 Å². The molecule has 57 heavy (non-hydrogen) atoms. The van der Waals surface area contributed by atoms with E-state index in [-0.39, 0.29) is 51.1 Å². The van der Waals surface area contributed by atoms with Gasteiger partial charge in [0, 0.05) is 83.3 Å². The number of fused-ring (bicyclic) bond motifs is 2. The molecule has 0 aliphatic heterocycles. The Labute approximate surface area is 337 Å². The number of phenols is 1. The number of hydrogen-bond donors (Lipinski definition) is 2. The second kappa shape index (κ2) is 18.7. The molecule has 0 saturated carbocycles. The van der Waals surface area contributed by atoms with Crippen molar-refractivity contribution in [3.8, 4) is 5.75 Å². The monoisotopic (exact) mass is 877 g/mol. The summed E-state index contributed by atoms with van der Waals surface area (Å²) in [5, 5.41) is 25.9. The Kier molecular flexibility index (Phi) is 14.5. The summed E-state index contributed by atoms with van der Waals surface area (Å²) in [5.74, 6) is -1.87. The van der Waals surface area contributed by atoms with Crippen molar-refractivity contribution < 1.29 is 56.4 Å². The average Bonchev–Trinajstić information content (AvgIpc) is 3.74. The first kappa shape index (κ1) is 44.3. The number of nitrogens with zero attached hydrogens (tertiary/aromatic N) is 9. The van der Waals surface area contributed by atoms with Gasteiger partial charge in [-0.25, -0.2) is 22.2 Å². The standard InChI is InChI=1S/C18H16ClF3N5O3S.C17H17F2N5O.Ni/c1-3-27(4-2)12-6-8-13(15(10-12)26-31(28,29)18(20,21)22)24-25-17-23-14-7-5-11(19)9-16(14)30-17;1-3-24(4-2)10-5-6-13(16(25)7-10)22-23-17-20-14-8-11(18)12(19)9-15(14)21-17;/h5-10H,3-4H2,1-2H3;5-9,25H,3-4H2,1-2H3,(H,20,21);/q-1;;. The number of imidazole rings is 1. The second-order valence-corrected chi connectivity index (χ2v) is 13.6.